The van der Waals surface area contributed by atoms with Crippen molar-refractivity contribution in [3.63, 3.8) is 0 Å². The second-order valence-corrected chi connectivity index (χ2v) is 9.69. The van der Waals surface area contributed by atoms with Gasteiger partial charge in [0.2, 0.25) is 0 Å². The minimum Gasteiger partial charge on any atom is -0.393 e. The lowest BCUT2D eigenvalue weighted by Crippen LogP contribution is -2.56. The van der Waals surface area contributed by atoms with E-state index in [1.54, 1.807) is 12.2 Å². The lowest BCUT2D eigenvalue weighted by atomic mass is 9.46. The number of carbonyl (C=O) groups excluding carboxylic acids is 2. The molecule has 6 nitrogen and oxygen atoms in total. The molecule has 0 aromatic heterocycles. The molecule has 0 saturated heterocycles. The zero-order chi connectivity index (χ0) is 21.6. The van der Waals surface area contributed by atoms with Crippen molar-refractivity contribution in [2.75, 3.05) is 6.61 Å². The molecule has 7 atom stereocenters. The molecular weight excluding hydrogens is 372 g/mol. The minimum absolute atomic E-state index is 0.0514. The predicted molar refractivity (Wildman–Crippen MR) is 107 cm³/mol. The summed E-state index contributed by atoms with van der Waals surface area (Å²) in [4.78, 5) is 24.1. The normalized spacial score (nSPS) is 43.0. The maximum absolute atomic E-state index is 12.3. The Morgan fingerprint density at radius 1 is 1.24 bits per heavy atom. The molecule has 29 heavy (non-hydrogen) atoms. The number of Topliss-reactive ketones (excluding diaryl/α,β-unsaturated/α-hetero) is 1. The Morgan fingerprint density at radius 3 is 2.52 bits per heavy atom. The third kappa shape index (κ3) is 3.76. The average Bonchev–Trinajstić information content (AvgIpc) is 2.97. The summed E-state index contributed by atoms with van der Waals surface area (Å²) in [6.45, 7) is 5.19. The van der Waals surface area contributed by atoms with Crippen LogP contribution >= 0.6 is 0 Å². The molecule has 4 aliphatic carbocycles. The van der Waals surface area contributed by atoms with Crippen LogP contribution in [0.3, 0.4) is 0 Å². The Hall–Kier alpha value is -1.34. The Bertz CT molecular complexity index is 722. The van der Waals surface area contributed by atoms with Gasteiger partial charge in [0.25, 0.3) is 0 Å². The number of aliphatic hydroxyl groups is 4. The molecular formula is C23H34O6. The van der Waals surface area contributed by atoms with Crippen LogP contribution in [0.1, 0.15) is 52.9 Å². The number of aliphatic hydroxyl groups excluding tert-OH is 3. The first kappa shape index (κ1) is 22.3. The molecule has 0 spiro atoms. The fourth-order valence-corrected chi connectivity index (χ4v) is 6.96. The van der Waals surface area contributed by atoms with E-state index >= 15 is 0 Å². The Labute approximate surface area is 172 Å². The van der Waals surface area contributed by atoms with Gasteiger partial charge >= 0.3 is 0 Å². The van der Waals surface area contributed by atoms with E-state index in [1.165, 1.54) is 6.92 Å². The molecule has 0 aliphatic heterocycles. The second-order valence-electron chi connectivity index (χ2n) is 9.69. The molecule has 162 valence electrons. The molecule has 0 aromatic carbocycles. The van der Waals surface area contributed by atoms with Crippen molar-refractivity contribution in [3.05, 3.63) is 23.8 Å². The van der Waals surface area contributed by atoms with Crippen molar-refractivity contribution in [2.24, 2.45) is 34.5 Å². The van der Waals surface area contributed by atoms with Crippen LogP contribution < -0.4 is 0 Å². The van der Waals surface area contributed by atoms with Gasteiger partial charge in [-0.05, 0) is 68.4 Å². The molecule has 6 heteroatoms. The number of ketones is 2. The van der Waals surface area contributed by atoms with E-state index in [4.69, 9.17) is 10.2 Å². The summed E-state index contributed by atoms with van der Waals surface area (Å²) >= 11 is 0. The van der Waals surface area contributed by atoms with Crippen molar-refractivity contribution >= 4 is 11.6 Å². The number of rotatable bonds is 2. The van der Waals surface area contributed by atoms with Crippen molar-refractivity contribution in [2.45, 2.75) is 65.3 Å². The van der Waals surface area contributed by atoms with Gasteiger partial charge < -0.3 is 20.4 Å². The highest BCUT2D eigenvalue weighted by Crippen LogP contribution is 2.66. The summed E-state index contributed by atoms with van der Waals surface area (Å²) in [5.74, 6) is 0.734. The van der Waals surface area contributed by atoms with Crippen molar-refractivity contribution in [3.8, 4) is 0 Å². The summed E-state index contributed by atoms with van der Waals surface area (Å²) in [6.07, 6.45) is 8.09. The van der Waals surface area contributed by atoms with Crippen LogP contribution in [0, 0.1) is 34.5 Å². The number of hydrogen-bond donors (Lipinski definition) is 4. The van der Waals surface area contributed by atoms with Gasteiger partial charge in [-0.15, -0.1) is 0 Å². The molecule has 4 N–H and O–H groups in total. The first-order valence-electron chi connectivity index (χ1n) is 10.7. The zero-order valence-corrected chi connectivity index (χ0v) is 17.5. The Kier molecular flexibility index (Phi) is 6.21. The Morgan fingerprint density at radius 2 is 1.90 bits per heavy atom. The van der Waals surface area contributed by atoms with E-state index < -0.39 is 19.0 Å². The summed E-state index contributed by atoms with van der Waals surface area (Å²) in [6, 6.07) is 0. The molecule has 0 aromatic rings. The zero-order valence-electron chi connectivity index (χ0n) is 17.5. The third-order valence-corrected chi connectivity index (χ3v) is 8.04. The molecule has 0 radical (unpaired) electrons. The summed E-state index contributed by atoms with van der Waals surface area (Å²) in [5.41, 5.74) is 0.688. The Balaban J connectivity index is 0.000000552. The van der Waals surface area contributed by atoms with Gasteiger partial charge in [-0.25, -0.2) is 0 Å². The average molecular weight is 407 g/mol. The molecule has 0 bridgehead atoms. The van der Waals surface area contributed by atoms with Crippen LogP contribution in [0.2, 0.25) is 0 Å². The monoisotopic (exact) mass is 406 g/mol. The molecule has 0 heterocycles. The summed E-state index contributed by atoms with van der Waals surface area (Å²) < 4.78 is 0. The lowest BCUT2D eigenvalue weighted by Gasteiger charge is -2.58. The van der Waals surface area contributed by atoms with E-state index in [2.05, 4.69) is 13.8 Å². The van der Waals surface area contributed by atoms with Gasteiger partial charge in [0, 0.05) is 17.3 Å². The minimum atomic E-state index is -1.17. The second kappa shape index (κ2) is 8.06. The van der Waals surface area contributed by atoms with E-state index in [0.29, 0.717) is 18.3 Å². The van der Waals surface area contributed by atoms with Crippen LogP contribution in [0.25, 0.3) is 0 Å². The lowest BCUT2D eigenvalue weighted by molar-refractivity contribution is -0.141. The highest BCUT2D eigenvalue weighted by atomic mass is 16.5. The van der Waals surface area contributed by atoms with E-state index in [-0.39, 0.29) is 34.2 Å². The maximum atomic E-state index is 12.3. The maximum Gasteiger partial charge on any atom is 0.178 e. The first-order valence-corrected chi connectivity index (χ1v) is 10.7. The topological polar surface area (TPSA) is 115 Å². The van der Waals surface area contributed by atoms with Crippen molar-refractivity contribution in [1.82, 2.24) is 0 Å². The largest absolute Gasteiger partial charge is 0.393 e. The predicted octanol–water partition coefficient (Wildman–Crippen LogP) is 1.76. The standard InChI is InChI=1S/C21H28O4.C2H6O2/c1-20-8-7-13(23)9-12(20)3-4-14-15-5-6-16(18(25)11-22)21(15,2)10-17(24)19(14)20;1-2(3)4/h7-9,14-17,19,22,24H,3-6,10-11H2,1-2H3;2-4H,1H3. The fourth-order valence-electron chi connectivity index (χ4n) is 6.96. The van der Waals surface area contributed by atoms with Crippen LogP contribution in [0.5, 0.6) is 0 Å². The SMILES string of the molecule is CC(O)O.CC12C=CC(=O)C=C1CCC1C2C(O)CC2(C)C(C(=O)CO)CCC12. The van der Waals surface area contributed by atoms with Crippen LogP contribution in [-0.2, 0) is 9.59 Å². The van der Waals surface area contributed by atoms with E-state index in [9.17, 15) is 19.8 Å². The highest BCUT2D eigenvalue weighted by Gasteiger charge is 2.62. The van der Waals surface area contributed by atoms with Gasteiger partial charge in [0.1, 0.15) is 12.9 Å². The fraction of sp³-hybridized carbons (Fsp3) is 0.739. The smallest absolute Gasteiger partial charge is 0.178 e. The van der Waals surface area contributed by atoms with E-state index in [1.807, 2.05) is 6.08 Å². The third-order valence-electron chi connectivity index (χ3n) is 8.04. The summed E-state index contributed by atoms with van der Waals surface area (Å²) in [5, 5.41) is 35.7. The molecule has 4 rings (SSSR count). The van der Waals surface area contributed by atoms with Crippen LogP contribution in [0.4, 0.5) is 0 Å². The van der Waals surface area contributed by atoms with E-state index in [0.717, 1.165) is 31.3 Å². The van der Waals surface area contributed by atoms with Gasteiger partial charge in [0.05, 0.1) is 6.10 Å². The number of hydrogen-bond acceptors (Lipinski definition) is 6. The van der Waals surface area contributed by atoms with Crippen molar-refractivity contribution < 1.29 is 30.0 Å². The van der Waals surface area contributed by atoms with Gasteiger partial charge in [-0.1, -0.05) is 25.5 Å². The van der Waals surface area contributed by atoms with Gasteiger partial charge in [-0.3, -0.25) is 9.59 Å². The number of fused-ring (bicyclic) bond motifs is 5. The van der Waals surface area contributed by atoms with Gasteiger partial charge in [0.15, 0.2) is 11.6 Å². The van der Waals surface area contributed by atoms with Crippen LogP contribution in [0.15, 0.2) is 23.8 Å². The molecule has 4 aliphatic rings. The molecule has 0 amide bonds. The highest BCUT2D eigenvalue weighted by molar-refractivity contribution is 6.01. The van der Waals surface area contributed by atoms with Gasteiger partial charge in [-0.2, -0.15) is 0 Å². The van der Waals surface area contributed by atoms with Crippen LogP contribution in [-0.4, -0.2) is 51.0 Å². The first-order chi connectivity index (χ1) is 13.5. The quantitative estimate of drug-likeness (QED) is 0.520. The number of allylic oxidation sites excluding steroid dienone is 4. The summed E-state index contributed by atoms with van der Waals surface area (Å²) in [7, 11) is 0. The molecule has 7 unspecified atom stereocenters. The number of carbonyl (C=O) groups is 2. The van der Waals surface area contributed by atoms with Crippen molar-refractivity contribution in [1.29, 1.82) is 0 Å². The molecule has 3 saturated carbocycles. The molecule has 3 fully saturated rings.